The zero-order chi connectivity index (χ0) is 22.4. The van der Waals surface area contributed by atoms with Gasteiger partial charge >= 0.3 is 7.12 Å². The van der Waals surface area contributed by atoms with Crippen LogP contribution in [0, 0.1) is 11.7 Å². The van der Waals surface area contributed by atoms with Gasteiger partial charge in [-0.05, 0) is 36.1 Å². The standard InChI is InChI=1S/C22H25BBrFN2O4/c1-14(2)10-20(23-30-13-19(31-23)15-6-4-3-5-7-15)27-21(28)12-26-22(29)17-11-16(24)8-9-18(17)25/h3-9,11,14,19-20H,10,12-13H2,1-2H3,(H,26,29)(H,27,28)/t19-,20-/m0/s1. The van der Waals surface area contributed by atoms with Crippen molar-refractivity contribution in [1.82, 2.24) is 10.6 Å². The molecule has 2 atom stereocenters. The Morgan fingerprint density at radius 3 is 2.68 bits per heavy atom. The summed E-state index contributed by atoms with van der Waals surface area (Å²) in [7, 11) is -0.588. The highest BCUT2D eigenvalue weighted by Gasteiger charge is 2.40. The Balaban J connectivity index is 1.57. The van der Waals surface area contributed by atoms with Gasteiger partial charge in [0.2, 0.25) is 5.91 Å². The van der Waals surface area contributed by atoms with E-state index in [2.05, 4.69) is 26.6 Å². The first-order valence-electron chi connectivity index (χ1n) is 10.2. The van der Waals surface area contributed by atoms with Crippen molar-refractivity contribution in [2.24, 2.45) is 5.92 Å². The van der Waals surface area contributed by atoms with Gasteiger partial charge in [-0.3, -0.25) is 9.59 Å². The molecular formula is C22H25BBrFN2O4. The molecule has 1 heterocycles. The maximum Gasteiger partial charge on any atom is 0.481 e. The maximum atomic E-state index is 13.9. The quantitative estimate of drug-likeness (QED) is 0.553. The van der Waals surface area contributed by atoms with E-state index in [0.717, 1.165) is 5.56 Å². The summed E-state index contributed by atoms with van der Waals surface area (Å²) in [6.45, 7) is 4.20. The van der Waals surface area contributed by atoms with E-state index in [1.807, 2.05) is 44.2 Å². The Labute approximate surface area is 190 Å². The second-order valence-corrected chi connectivity index (χ2v) is 8.76. The molecule has 2 N–H and O–H groups in total. The molecule has 9 heteroatoms. The first-order valence-corrected chi connectivity index (χ1v) is 11.0. The fourth-order valence-electron chi connectivity index (χ4n) is 3.41. The Morgan fingerprint density at radius 1 is 1.23 bits per heavy atom. The van der Waals surface area contributed by atoms with Crippen LogP contribution in [0.5, 0.6) is 0 Å². The second kappa shape index (κ2) is 10.9. The number of hydrogen-bond acceptors (Lipinski definition) is 4. The molecule has 1 aliphatic heterocycles. The summed E-state index contributed by atoms with van der Waals surface area (Å²) >= 11 is 3.21. The smallest absolute Gasteiger partial charge is 0.407 e. The molecule has 2 aromatic carbocycles. The highest BCUT2D eigenvalue weighted by molar-refractivity contribution is 9.10. The third kappa shape index (κ3) is 6.63. The highest BCUT2D eigenvalue weighted by atomic mass is 79.9. The van der Waals surface area contributed by atoms with Gasteiger partial charge in [-0.2, -0.15) is 0 Å². The summed E-state index contributed by atoms with van der Waals surface area (Å²) in [5.41, 5.74) is 0.886. The van der Waals surface area contributed by atoms with E-state index in [-0.39, 0.29) is 24.2 Å². The molecule has 3 rings (SSSR count). The lowest BCUT2D eigenvalue weighted by atomic mass is 9.74. The van der Waals surface area contributed by atoms with Crippen LogP contribution < -0.4 is 10.6 Å². The molecule has 0 aromatic heterocycles. The number of rotatable bonds is 8. The minimum Gasteiger partial charge on any atom is -0.407 e. The minimum absolute atomic E-state index is 0.130. The van der Waals surface area contributed by atoms with Gasteiger partial charge in [0.1, 0.15) is 5.82 Å². The van der Waals surface area contributed by atoms with Crippen LogP contribution in [0.15, 0.2) is 53.0 Å². The third-order valence-corrected chi connectivity index (χ3v) is 5.36. The molecule has 31 heavy (non-hydrogen) atoms. The van der Waals surface area contributed by atoms with Gasteiger partial charge in [-0.25, -0.2) is 4.39 Å². The van der Waals surface area contributed by atoms with Gasteiger partial charge in [0.25, 0.3) is 5.91 Å². The summed E-state index contributed by atoms with van der Waals surface area (Å²) in [6.07, 6.45) is 0.448. The van der Waals surface area contributed by atoms with Crippen molar-refractivity contribution in [1.29, 1.82) is 0 Å². The van der Waals surface area contributed by atoms with Gasteiger partial charge in [0.05, 0.1) is 30.8 Å². The first kappa shape index (κ1) is 23.4. The van der Waals surface area contributed by atoms with E-state index in [1.54, 1.807) is 0 Å². The van der Waals surface area contributed by atoms with E-state index in [1.165, 1.54) is 18.2 Å². The van der Waals surface area contributed by atoms with Crippen molar-refractivity contribution < 1.29 is 23.3 Å². The second-order valence-electron chi connectivity index (χ2n) is 7.85. The lowest BCUT2D eigenvalue weighted by molar-refractivity contribution is -0.120. The van der Waals surface area contributed by atoms with Crippen LogP contribution in [0.3, 0.4) is 0 Å². The summed E-state index contributed by atoms with van der Waals surface area (Å²) in [6, 6.07) is 13.8. The molecule has 0 aliphatic carbocycles. The zero-order valence-electron chi connectivity index (χ0n) is 17.4. The fraction of sp³-hybridized carbons (Fsp3) is 0.364. The summed E-state index contributed by atoms with van der Waals surface area (Å²) in [4.78, 5) is 24.7. The van der Waals surface area contributed by atoms with Crippen LogP contribution in [0.2, 0.25) is 0 Å². The molecule has 0 radical (unpaired) electrons. The molecule has 0 bridgehead atoms. The molecule has 1 aliphatic rings. The van der Waals surface area contributed by atoms with Crippen molar-refractivity contribution in [3.05, 3.63) is 69.9 Å². The molecule has 2 amide bonds. The molecule has 6 nitrogen and oxygen atoms in total. The van der Waals surface area contributed by atoms with Crippen molar-refractivity contribution in [2.45, 2.75) is 32.3 Å². The van der Waals surface area contributed by atoms with E-state index >= 15 is 0 Å². The number of halogens is 2. The average Bonchev–Trinajstić information content (AvgIpc) is 3.24. The first-order chi connectivity index (χ1) is 14.8. The van der Waals surface area contributed by atoms with Crippen LogP contribution in [-0.2, 0) is 14.1 Å². The molecule has 0 spiro atoms. The third-order valence-electron chi connectivity index (χ3n) is 4.86. The summed E-state index contributed by atoms with van der Waals surface area (Å²) in [5, 5.41) is 5.35. The SMILES string of the molecule is CC(C)C[C@H](NC(=O)CNC(=O)c1cc(Br)ccc1F)B1OC[C@@H](c2ccccc2)O1. The normalized spacial score (nSPS) is 16.9. The topological polar surface area (TPSA) is 76.7 Å². The van der Waals surface area contributed by atoms with Crippen molar-refractivity contribution in [2.75, 3.05) is 13.2 Å². The lowest BCUT2D eigenvalue weighted by Crippen LogP contribution is -2.50. The maximum absolute atomic E-state index is 13.9. The van der Waals surface area contributed by atoms with E-state index in [0.29, 0.717) is 23.4 Å². The number of benzene rings is 2. The molecular weight excluding hydrogens is 466 g/mol. The molecule has 2 aromatic rings. The average molecular weight is 491 g/mol. The van der Waals surface area contributed by atoms with Gasteiger partial charge in [-0.1, -0.05) is 60.1 Å². The van der Waals surface area contributed by atoms with Crippen LogP contribution in [0.1, 0.15) is 42.3 Å². The van der Waals surface area contributed by atoms with Crippen molar-refractivity contribution >= 4 is 34.9 Å². The molecule has 0 saturated carbocycles. The Hall–Kier alpha value is -2.23. The number of carbonyl (C=O) groups excluding carboxylic acids is 2. The number of amides is 2. The van der Waals surface area contributed by atoms with Gasteiger partial charge in [-0.15, -0.1) is 0 Å². The van der Waals surface area contributed by atoms with Gasteiger partial charge in [0.15, 0.2) is 0 Å². The Kier molecular flexibility index (Phi) is 8.23. The van der Waals surface area contributed by atoms with Crippen LogP contribution >= 0.6 is 15.9 Å². The highest BCUT2D eigenvalue weighted by Crippen LogP contribution is 2.27. The monoisotopic (exact) mass is 490 g/mol. The zero-order valence-corrected chi connectivity index (χ0v) is 19.0. The molecule has 1 fully saturated rings. The predicted octanol–water partition coefficient (Wildman–Crippen LogP) is 3.66. The largest absolute Gasteiger partial charge is 0.481 e. The number of nitrogens with one attached hydrogen (secondary N) is 2. The fourth-order valence-corrected chi connectivity index (χ4v) is 3.77. The van der Waals surface area contributed by atoms with Crippen LogP contribution in [0.25, 0.3) is 0 Å². The van der Waals surface area contributed by atoms with E-state index in [9.17, 15) is 14.0 Å². The predicted molar refractivity (Wildman–Crippen MR) is 120 cm³/mol. The number of carbonyl (C=O) groups is 2. The summed E-state index contributed by atoms with van der Waals surface area (Å²) in [5.74, 6) is -1.80. The molecule has 164 valence electrons. The minimum atomic E-state index is -0.660. The van der Waals surface area contributed by atoms with Crippen LogP contribution in [0.4, 0.5) is 4.39 Å². The number of hydrogen-bond donors (Lipinski definition) is 2. The van der Waals surface area contributed by atoms with Crippen molar-refractivity contribution in [3.8, 4) is 0 Å². The lowest BCUT2D eigenvalue weighted by Gasteiger charge is -2.22. The van der Waals surface area contributed by atoms with Crippen molar-refractivity contribution in [3.63, 3.8) is 0 Å². The van der Waals surface area contributed by atoms with E-state index in [4.69, 9.17) is 9.31 Å². The van der Waals surface area contributed by atoms with Gasteiger partial charge in [0, 0.05) is 4.47 Å². The van der Waals surface area contributed by atoms with E-state index < -0.39 is 24.7 Å². The summed E-state index contributed by atoms with van der Waals surface area (Å²) < 4.78 is 26.3. The van der Waals surface area contributed by atoms with Crippen LogP contribution in [-0.4, -0.2) is 38.0 Å². The molecule has 1 saturated heterocycles. The Bertz CT molecular complexity index is 916. The Morgan fingerprint density at radius 2 is 1.97 bits per heavy atom. The van der Waals surface area contributed by atoms with Gasteiger partial charge < -0.3 is 19.9 Å². The molecule has 0 unspecified atom stereocenters.